The lowest BCUT2D eigenvalue weighted by Crippen LogP contribution is -2.54. The maximum absolute atomic E-state index is 5.82. The zero-order valence-electron chi connectivity index (χ0n) is 9.34. The Kier molecular flexibility index (Phi) is 3.97. The van der Waals surface area contributed by atoms with Crippen LogP contribution in [-0.4, -0.2) is 18.1 Å². The first kappa shape index (κ1) is 11.6. The van der Waals surface area contributed by atoms with Gasteiger partial charge in [-0.15, -0.1) is 6.42 Å². The minimum absolute atomic E-state index is 0.0617. The zero-order valence-corrected chi connectivity index (χ0v) is 9.34. The third kappa shape index (κ3) is 2.73. The predicted molar refractivity (Wildman–Crippen MR) is 60.8 cm³/mol. The molecule has 0 amide bonds. The largest absolute Gasteiger partial charge is 0.329 e. The highest BCUT2D eigenvalue weighted by Gasteiger charge is 2.41. The fourth-order valence-electron chi connectivity index (χ4n) is 1.95. The Hall–Kier alpha value is -0.520. The lowest BCUT2D eigenvalue weighted by molar-refractivity contribution is 0.295. The van der Waals surface area contributed by atoms with Crippen molar-refractivity contribution in [2.24, 2.45) is 11.7 Å². The molecule has 0 aromatic heterocycles. The first-order valence-electron chi connectivity index (χ1n) is 5.60. The Morgan fingerprint density at radius 3 is 2.64 bits per heavy atom. The van der Waals surface area contributed by atoms with Crippen molar-refractivity contribution in [3.8, 4) is 12.3 Å². The van der Waals surface area contributed by atoms with Crippen molar-refractivity contribution in [1.29, 1.82) is 0 Å². The van der Waals surface area contributed by atoms with E-state index in [1.165, 1.54) is 12.8 Å². The Morgan fingerprint density at radius 1 is 1.64 bits per heavy atom. The Balaban J connectivity index is 2.49. The minimum atomic E-state index is 0.0617. The SMILES string of the molecule is C#CC(CCC)NC(C)(CN)C1CC1. The smallest absolute Gasteiger partial charge is 0.0691 e. The van der Waals surface area contributed by atoms with E-state index < -0.39 is 0 Å². The van der Waals surface area contributed by atoms with Gasteiger partial charge in [0.05, 0.1) is 6.04 Å². The van der Waals surface area contributed by atoms with Crippen molar-refractivity contribution in [2.45, 2.75) is 51.1 Å². The first-order chi connectivity index (χ1) is 6.66. The third-order valence-electron chi connectivity index (χ3n) is 3.18. The molecule has 0 heterocycles. The number of hydrogen-bond donors (Lipinski definition) is 2. The van der Waals surface area contributed by atoms with Crippen LogP contribution in [0.3, 0.4) is 0 Å². The van der Waals surface area contributed by atoms with E-state index in [1.807, 2.05) is 0 Å². The Bertz CT molecular complexity index is 215. The molecule has 1 saturated carbocycles. The minimum Gasteiger partial charge on any atom is -0.329 e. The van der Waals surface area contributed by atoms with Gasteiger partial charge in [-0.25, -0.2) is 0 Å². The fraction of sp³-hybridized carbons (Fsp3) is 0.833. The topological polar surface area (TPSA) is 38.0 Å². The van der Waals surface area contributed by atoms with Gasteiger partial charge < -0.3 is 5.73 Å². The van der Waals surface area contributed by atoms with Crippen molar-refractivity contribution in [3.05, 3.63) is 0 Å². The molecule has 2 heteroatoms. The van der Waals surface area contributed by atoms with Crippen LogP contribution >= 0.6 is 0 Å². The predicted octanol–water partition coefficient (Wildman–Crippen LogP) is 1.51. The number of nitrogens with two attached hydrogens (primary N) is 1. The molecule has 14 heavy (non-hydrogen) atoms. The number of hydrogen-bond acceptors (Lipinski definition) is 2. The average molecular weight is 194 g/mol. The zero-order chi connectivity index (χ0) is 10.6. The van der Waals surface area contributed by atoms with Gasteiger partial charge >= 0.3 is 0 Å². The van der Waals surface area contributed by atoms with Crippen LogP contribution in [0.5, 0.6) is 0 Å². The molecule has 0 aromatic rings. The summed E-state index contributed by atoms with van der Waals surface area (Å²) >= 11 is 0. The summed E-state index contributed by atoms with van der Waals surface area (Å²) in [6.45, 7) is 5.03. The molecule has 0 aromatic carbocycles. The maximum atomic E-state index is 5.82. The summed E-state index contributed by atoms with van der Waals surface area (Å²) in [5.74, 6) is 3.55. The molecule has 2 atom stereocenters. The van der Waals surface area contributed by atoms with Crippen molar-refractivity contribution in [1.82, 2.24) is 5.32 Å². The van der Waals surface area contributed by atoms with Gasteiger partial charge in [0.1, 0.15) is 0 Å². The van der Waals surface area contributed by atoms with Gasteiger partial charge in [0.25, 0.3) is 0 Å². The summed E-state index contributed by atoms with van der Waals surface area (Å²) in [4.78, 5) is 0. The average Bonchev–Trinajstić information content (AvgIpc) is 3.00. The quantitative estimate of drug-likeness (QED) is 0.629. The van der Waals surface area contributed by atoms with E-state index in [-0.39, 0.29) is 11.6 Å². The molecular weight excluding hydrogens is 172 g/mol. The molecule has 1 rings (SSSR count). The van der Waals surface area contributed by atoms with E-state index in [2.05, 4.69) is 25.1 Å². The molecule has 0 saturated heterocycles. The van der Waals surface area contributed by atoms with Crippen LogP contribution in [-0.2, 0) is 0 Å². The standard InChI is InChI=1S/C12H22N2/c1-4-6-11(5-2)14-12(3,9-13)10-7-8-10/h2,10-11,14H,4,6-9,13H2,1,3H3. The van der Waals surface area contributed by atoms with E-state index >= 15 is 0 Å². The Morgan fingerprint density at radius 2 is 2.29 bits per heavy atom. The molecule has 3 N–H and O–H groups in total. The van der Waals surface area contributed by atoms with Crippen LogP contribution in [0.15, 0.2) is 0 Å². The van der Waals surface area contributed by atoms with Crippen LogP contribution in [0.4, 0.5) is 0 Å². The van der Waals surface area contributed by atoms with E-state index in [0.717, 1.165) is 18.8 Å². The van der Waals surface area contributed by atoms with Gasteiger partial charge in [-0.05, 0) is 32.1 Å². The third-order valence-corrected chi connectivity index (χ3v) is 3.18. The molecule has 2 unspecified atom stereocenters. The second kappa shape index (κ2) is 4.82. The first-order valence-corrected chi connectivity index (χ1v) is 5.60. The summed E-state index contributed by atoms with van der Waals surface area (Å²) in [6.07, 6.45) is 10.2. The van der Waals surface area contributed by atoms with Gasteiger partial charge in [0, 0.05) is 12.1 Å². The molecule has 2 nitrogen and oxygen atoms in total. The van der Waals surface area contributed by atoms with Gasteiger partial charge in [-0.1, -0.05) is 19.3 Å². The van der Waals surface area contributed by atoms with Gasteiger partial charge in [-0.2, -0.15) is 0 Å². The molecule has 80 valence electrons. The van der Waals surface area contributed by atoms with Crippen LogP contribution in [0.2, 0.25) is 0 Å². The summed E-state index contributed by atoms with van der Waals surface area (Å²) in [7, 11) is 0. The Labute approximate surface area is 87.6 Å². The normalized spacial score (nSPS) is 22.4. The number of rotatable bonds is 6. The molecule has 0 aliphatic heterocycles. The van der Waals surface area contributed by atoms with Crippen LogP contribution in [0, 0.1) is 18.3 Å². The van der Waals surface area contributed by atoms with E-state index in [4.69, 9.17) is 12.2 Å². The van der Waals surface area contributed by atoms with Gasteiger partial charge in [0.2, 0.25) is 0 Å². The summed E-state index contributed by atoms with van der Waals surface area (Å²) in [5, 5.41) is 3.53. The van der Waals surface area contributed by atoms with Gasteiger partial charge in [-0.3, -0.25) is 5.32 Å². The second-order valence-corrected chi connectivity index (χ2v) is 4.55. The molecule has 0 radical (unpaired) electrons. The van der Waals surface area contributed by atoms with Crippen LogP contribution in [0.1, 0.15) is 39.5 Å². The molecule has 0 spiro atoms. The van der Waals surface area contributed by atoms with Crippen molar-refractivity contribution in [2.75, 3.05) is 6.54 Å². The molecule has 0 bridgehead atoms. The number of terminal acetylenes is 1. The molecule has 1 aliphatic carbocycles. The van der Waals surface area contributed by atoms with Crippen molar-refractivity contribution < 1.29 is 0 Å². The van der Waals surface area contributed by atoms with E-state index in [0.29, 0.717) is 6.54 Å². The van der Waals surface area contributed by atoms with E-state index in [1.54, 1.807) is 0 Å². The second-order valence-electron chi connectivity index (χ2n) is 4.55. The molecular formula is C12H22N2. The van der Waals surface area contributed by atoms with Crippen molar-refractivity contribution in [3.63, 3.8) is 0 Å². The highest BCUT2D eigenvalue weighted by Crippen LogP contribution is 2.39. The summed E-state index contributed by atoms with van der Waals surface area (Å²) < 4.78 is 0. The summed E-state index contributed by atoms with van der Waals surface area (Å²) in [5.41, 5.74) is 5.88. The summed E-state index contributed by atoms with van der Waals surface area (Å²) in [6, 6.07) is 0.189. The highest BCUT2D eigenvalue weighted by molar-refractivity contribution is 5.06. The monoisotopic (exact) mass is 194 g/mol. The lowest BCUT2D eigenvalue weighted by Gasteiger charge is -2.32. The van der Waals surface area contributed by atoms with E-state index in [9.17, 15) is 0 Å². The van der Waals surface area contributed by atoms with Crippen LogP contribution in [0.25, 0.3) is 0 Å². The van der Waals surface area contributed by atoms with Crippen molar-refractivity contribution >= 4 is 0 Å². The van der Waals surface area contributed by atoms with Crippen LogP contribution < -0.4 is 11.1 Å². The lowest BCUT2D eigenvalue weighted by atomic mass is 9.94. The van der Waals surface area contributed by atoms with Gasteiger partial charge in [0.15, 0.2) is 0 Å². The highest BCUT2D eigenvalue weighted by atomic mass is 15.0. The number of nitrogens with one attached hydrogen (secondary N) is 1. The fourth-order valence-corrected chi connectivity index (χ4v) is 1.95. The maximum Gasteiger partial charge on any atom is 0.0691 e. The molecule has 1 fully saturated rings. The molecule has 1 aliphatic rings.